The van der Waals surface area contributed by atoms with Gasteiger partial charge in [0.15, 0.2) is 17.4 Å². The fraction of sp³-hybridized carbons (Fsp3) is 0.452. The maximum absolute atomic E-state index is 14.2. The number of benzene rings is 2. The van der Waals surface area contributed by atoms with Crippen LogP contribution in [0.1, 0.15) is 57.5 Å². The van der Waals surface area contributed by atoms with E-state index in [1.54, 1.807) is 0 Å². The first-order valence-corrected chi connectivity index (χ1v) is 14.4. The number of hydrogen-bond acceptors (Lipinski definition) is 6. The number of H-pyrrole nitrogens is 2. The van der Waals surface area contributed by atoms with E-state index in [-0.39, 0.29) is 17.9 Å². The standard InChI is InChI=1S/C31H37FN6O3/c1-5-18-14-27(39)23(32)15-22(18)19-8-9-21-25(13-19)35-36-28(21)29-33-24-10-12-37(17-26(24)34-29)16-20-7-6-11-38(20)30(40)41-31(2,3)4/h8-9,13-15,20,39H,5-7,10-12,16-17H2,1-4H3,(H,33,34)(H,35,36)/t20-/m0/s1. The van der Waals surface area contributed by atoms with Crippen molar-refractivity contribution in [3.63, 3.8) is 0 Å². The average Bonchev–Trinajstić information content (AvgIpc) is 3.66. The fourth-order valence-corrected chi connectivity index (χ4v) is 6.03. The minimum Gasteiger partial charge on any atom is -0.505 e. The third-order valence-electron chi connectivity index (χ3n) is 8.04. The summed E-state index contributed by atoms with van der Waals surface area (Å²) < 4.78 is 19.8. The summed E-state index contributed by atoms with van der Waals surface area (Å²) in [6.07, 6.45) is 3.26. The van der Waals surface area contributed by atoms with Gasteiger partial charge in [0, 0.05) is 49.7 Å². The van der Waals surface area contributed by atoms with Crippen molar-refractivity contribution in [2.24, 2.45) is 0 Å². The number of amides is 1. The van der Waals surface area contributed by atoms with E-state index in [9.17, 15) is 14.3 Å². The largest absolute Gasteiger partial charge is 0.505 e. The van der Waals surface area contributed by atoms with Crippen molar-refractivity contribution in [1.82, 2.24) is 30.0 Å². The van der Waals surface area contributed by atoms with Crippen LogP contribution in [0.4, 0.5) is 9.18 Å². The van der Waals surface area contributed by atoms with Gasteiger partial charge in [0.05, 0.1) is 11.2 Å². The van der Waals surface area contributed by atoms with Gasteiger partial charge in [0.25, 0.3) is 0 Å². The number of aryl methyl sites for hydroxylation is 1. The van der Waals surface area contributed by atoms with Crippen LogP contribution in [0.15, 0.2) is 30.3 Å². The Labute approximate surface area is 238 Å². The zero-order valence-electron chi connectivity index (χ0n) is 24.1. The molecule has 9 nitrogen and oxygen atoms in total. The van der Waals surface area contributed by atoms with Crippen molar-refractivity contribution in [3.8, 4) is 28.4 Å². The summed E-state index contributed by atoms with van der Waals surface area (Å²) in [6, 6.07) is 8.91. The fourth-order valence-electron chi connectivity index (χ4n) is 6.03. The molecule has 1 amide bonds. The number of nitrogens with one attached hydrogen (secondary N) is 2. The van der Waals surface area contributed by atoms with E-state index >= 15 is 0 Å². The van der Waals surface area contributed by atoms with Crippen LogP contribution in [0.5, 0.6) is 5.75 Å². The van der Waals surface area contributed by atoms with Gasteiger partial charge in [0.2, 0.25) is 0 Å². The zero-order valence-corrected chi connectivity index (χ0v) is 24.1. The Bertz CT molecular complexity index is 1600. The number of rotatable bonds is 5. The number of aromatic hydroxyl groups is 1. The van der Waals surface area contributed by atoms with Crippen LogP contribution in [0.2, 0.25) is 0 Å². The highest BCUT2D eigenvalue weighted by atomic mass is 19.1. The summed E-state index contributed by atoms with van der Waals surface area (Å²) in [6.45, 7) is 10.8. The SMILES string of the molecule is CCc1cc(O)c(F)cc1-c1ccc2c(-c3nc4c([nH]3)CCN(C[C@@H]3CCCN3C(=O)OC(C)(C)C)C4)n[nH]c2c1. The minimum absolute atomic E-state index is 0.143. The number of nitrogens with zero attached hydrogens (tertiary/aromatic N) is 4. The monoisotopic (exact) mass is 560 g/mol. The molecule has 0 bridgehead atoms. The molecule has 4 heterocycles. The van der Waals surface area contributed by atoms with Crippen molar-refractivity contribution in [1.29, 1.82) is 0 Å². The van der Waals surface area contributed by atoms with Crippen LogP contribution < -0.4 is 0 Å². The number of likely N-dealkylation sites (tertiary alicyclic amines) is 1. The van der Waals surface area contributed by atoms with Crippen LogP contribution >= 0.6 is 0 Å². The normalized spacial score (nSPS) is 17.8. The van der Waals surface area contributed by atoms with E-state index in [1.165, 1.54) is 12.1 Å². The first kappa shape index (κ1) is 27.3. The molecule has 10 heteroatoms. The summed E-state index contributed by atoms with van der Waals surface area (Å²) in [4.78, 5) is 25.4. The van der Waals surface area contributed by atoms with Gasteiger partial charge in [-0.2, -0.15) is 5.10 Å². The van der Waals surface area contributed by atoms with Crippen molar-refractivity contribution >= 4 is 17.0 Å². The number of aromatic nitrogens is 4. The number of ether oxygens (including phenoxy) is 1. The molecule has 2 aromatic carbocycles. The van der Waals surface area contributed by atoms with Gasteiger partial charge in [0.1, 0.15) is 11.3 Å². The van der Waals surface area contributed by atoms with Crippen LogP contribution in [0.25, 0.3) is 33.5 Å². The molecule has 6 rings (SSSR count). The molecule has 1 atom stereocenters. The molecule has 3 N–H and O–H groups in total. The van der Waals surface area contributed by atoms with E-state index in [1.807, 2.05) is 50.8 Å². The molecule has 0 unspecified atom stereocenters. The lowest BCUT2D eigenvalue weighted by Crippen LogP contribution is -2.46. The molecule has 0 aliphatic carbocycles. The van der Waals surface area contributed by atoms with E-state index in [2.05, 4.69) is 20.1 Å². The Morgan fingerprint density at radius 3 is 2.83 bits per heavy atom. The highest BCUT2D eigenvalue weighted by molar-refractivity contribution is 5.94. The van der Waals surface area contributed by atoms with Crippen LogP contribution in [-0.4, -0.2) is 72.4 Å². The maximum atomic E-state index is 14.2. The molecule has 41 heavy (non-hydrogen) atoms. The number of phenolic OH excluding ortho intramolecular Hbond substituents is 1. The molecule has 1 fully saturated rings. The molecule has 4 aromatic rings. The van der Waals surface area contributed by atoms with Gasteiger partial charge in [-0.25, -0.2) is 14.2 Å². The van der Waals surface area contributed by atoms with Gasteiger partial charge in [-0.1, -0.05) is 13.0 Å². The molecule has 0 spiro atoms. The second-order valence-corrected chi connectivity index (χ2v) is 12.1. The lowest BCUT2D eigenvalue weighted by atomic mass is 9.96. The third-order valence-corrected chi connectivity index (χ3v) is 8.04. The highest BCUT2D eigenvalue weighted by Gasteiger charge is 2.34. The smallest absolute Gasteiger partial charge is 0.410 e. The minimum atomic E-state index is -0.636. The molecule has 2 aromatic heterocycles. The summed E-state index contributed by atoms with van der Waals surface area (Å²) in [5, 5.41) is 18.4. The van der Waals surface area contributed by atoms with Gasteiger partial charge in [-0.15, -0.1) is 0 Å². The predicted octanol–water partition coefficient (Wildman–Crippen LogP) is 5.78. The van der Waals surface area contributed by atoms with Crippen molar-refractivity contribution in [3.05, 3.63) is 53.1 Å². The van der Waals surface area contributed by atoms with Crippen molar-refractivity contribution in [2.75, 3.05) is 19.6 Å². The molecule has 2 aliphatic rings. The topological polar surface area (TPSA) is 110 Å². The maximum Gasteiger partial charge on any atom is 0.410 e. The molecular weight excluding hydrogens is 523 g/mol. The van der Waals surface area contributed by atoms with E-state index in [4.69, 9.17) is 9.72 Å². The predicted molar refractivity (Wildman–Crippen MR) is 155 cm³/mol. The van der Waals surface area contributed by atoms with Crippen LogP contribution in [0, 0.1) is 5.82 Å². The number of carbonyl (C=O) groups excluding carboxylic acids is 1. The van der Waals surface area contributed by atoms with Crippen LogP contribution in [0.3, 0.4) is 0 Å². The number of hydrogen-bond donors (Lipinski definition) is 3. The van der Waals surface area contributed by atoms with Gasteiger partial charge < -0.3 is 19.7 Å². The quantitative estimate of drug-likeness (QED) is 0.285. The van der Waals surface area contributed by atoms with Gasteiger partial charge in [-0.05, 0) is 81.0 Å². The first-order chi connectivity index (χ1) is 19.6. The van der Waals surface area contributed by atoms with E-state index < -0.39 is 11.4 Å². The Kier molecular flexibility index (Phi) is 6.97. The number of imidazole rings is 1. The molecular formula is C31H37FN6O3. The van der Waals surface area contributed by atoms with Crippen LogP contribution in [-0.2, 0) is 24.1 Å². The lowest BCUT2D eigenvalue weighted by Gasteiger charge is -2.33. The molecule has 1 saturated heterocycles. The van der Waals surface area contributed by atoms with E-state index in [0.717, 1.165) is 89.4 Å². The Morgan fingerprint density at radius 1 is 1.22 bits per heavy atom. The average molecular weight is 561 g/mol. The number of fused-ring (bicyclic) bond motifs is 2. The highest BCUT2D eigenvalue weighted by Crippen LogP contribution is 2.34. The molecule has 2 aliphatic heterocycles. The molecule has 0 radical (unpaired) electrons. The second-order valence-electron chi connectivity index (χ2n) is 12.1. The summed E-state index contributed by atoms with van der Waals surface area (Å²) in [5.74, 6) is -0.250. The van der Waals surface area contributed by atoms with Gasteiger partial charge >= 0.3 is 6.09 Å². The summed E-state index contributed by atoms with van der Waals surface area (Å²) >= 11 is 0. The number of aromatic amines is 2. The number of carbonyl (C=O) groups is 1. The lowest BCUT2D eigenvalue weighted by molar-refractivity contribution is 0.0191. The second kappa shape index (κ2) is 10.5. The summed E-state index contributed by atoms with van der Waals surface area (Å²) in [7, 11) is 0. The van der Waals surface area contributed by atoms with Crippen molar-refractivity contribution in [2.45, 2.75) is 71.6 Å². The number of phenols is 1. The zero-order chi connectivity index (χ0) is 28.9. The number of halogens is 1. The summed E-state index contributed by atoms with van der Waals surface area (Å²) in [5.41, 5.74) is 5.67. The Hall–Kier alpha value is -3.92. The third kappa shape index (κ3) is 5.40. The molecule has 216 valence electrons. The first-order valence-electron chi connectivity index (χ1n) is 14.4. The van der Waals surface area contributed by atoms with Crippen molar-refractivity contribution < 1.29 is 19.0 Å². The Morgan fingerprint density at radius 2 is 2.05 bits per heavy atom. The van der Waals surface area contributed by atoms with Gasteiger partial charge in [-0.3, -0.25) is 10.00 Å². The molecule has 0 saturated carbocycles. The van der Waals surface area contributed by atoms with E-state index in [0.29, 0.717) is 13.0 Å². The Balaban J connectivity index is 1.19.